The van der Waals surface area contributed by atoms with Crippen LogP contribution in [0.3, 0.4) is 0 Å². The van der Waals surface area contributed by atoms with Crippen molar-refractivity contribution >= 4 is 0 Å². The van der Waals surface area contributed by atoms with Crippen LogP contribution in [0.15, 0.2) is 23.8 Å². The fourth-order valence-electron chi connectivity index (χ4n) is 2.99. The van der Waals surface area contributed by atoms with Crippen molar-refractivity contribution < 1.29 is 4.74 Å². The second-order valence-corrected chi connectivity index (χ2v) is 6.55. The first-order valence-corrected chi connectivity index (χ1v) is 9.42. The molecule has 0 aromatic heterocycles. The lowest BCUT2D eigenvalue weighted by Gasteiger charge is -2.24. The molecule has 0 aromatic carbocycles. The summed E-state index contributed by atoms with van der Waals surface area (Å²) in [5.74, 6) is 0. The van der Waals surface area contributed by atoms with Gasteiger partial charge in [-0.3, -0.25) is 4.90 Å². The highest BCUT2D eigenvalue weighted by Gasteiger charge is 2.11. The van der Waals surface area contributed by atoms with Crippen molar-refractivity contribution in [2.24, 2.45) is 0 Å². The Hall–Kier alpha value is -0.600. The molecule has 1 atom stereocenters. The number of ether oxygens (including phenoxy) is 1. The molecule has 1 aliphatic carbocycles. The molecule has 0 bridgehead atoms. The molecular weight excluding hydrogens is 270 g/mol. The Morgan fingerprint density at radius 2 is 1.64 bits per heavy atom. The van der Waals surface area contributed by atoms with Crippen molar-refractivity contribution in [2.75, 3.05) is 26.7 Å². The van der Waals surface area contributed by atoms with E-state index >= 15 is 0 Å². The Morgan fingerprint density at radius 3 is 2.09 bits per heavy atom. The lowest BCUT2D eigenvalue weighted by molar-refractivity contribution is 0.142. The number of hydrogen-bond donors (Lipinski definition) is 0. The molecule has 0 amide bonds. The normalized spacial score (nSPS) is 18.0. The van der Waals surface area contributed by atoms with E-state index in [2.05, 4.69) is 37.0 Å². The van der Waals surface area contributed by atoms with Crippen molar-refractivity contribution in [3.8, 4) is 0 Å². The van der Waals surface area contributed by atoms with E-state index in [1.165, 1.54) is 70.0 Å². The number of nitrogens with zero attached hydrogens (tertiary/aromatic N) is 1. The van der Waals surface area contributed by atoms with Gasteiger partial charge in [0.15, 0.2) is 0 Å². The molecule has 0 N–H and O–H groups in total. The third-order valence-corrected chi connectivity index (χ3v) is 4.50. The molecule has 1 aliphatic rings. The zero-order valence-corrected chi connectivity index (χ0v) is 15.2. The molecule has 2 nitrogen and oxygen atoms in total. The van der Waals surface area contributed by atoms with Gasteiger partial charge in [-0.2, -0.15) is 0 Å². The molecule has 0 heterocycles. The van der Waals surface area contributed by atoms with E-state index in [1.54, 1.807) is 7.11 Å². The van der Waals surface area contributed by atoms with Gasteiger partial charge in [-0.1, -0.05) is 70.6 Å². The SMILES string of the molecule is CCCCCCN(CCCCCC)CC1=CCC(OC)C=C1. The van der Waals surface area contributed by atoms with Crippen molar-refractivity contribution in [1.82, 2.24) is 4.90 Å². The van der Waals surface area contributed by atoms with E-state index in [9.17, 15) is 0 Å². The molecule has 0 saturated carbocycles. The second-order valence-electron chi connectivity index (χ2n) is 6.55. The molecule has 2 heteroatoms. The Kier molecular flexibility index (Phi) is 11.4. The summed E-state index contributed by atoms with van der Waals surface area (Å²) in [6, 6.07) is 0. The van der Waals surface area contributed by atoms with Crippen LogP contribution in [-0.4, -0.2) is 37.7 Å². The van der Waals surface area contributed by atoms with E-state index < -0.39 is 0 Å². The maximum atomic E-state index is 5.38. The van der Waals surface area contributed by atoms with Gasteiger partial charge in [0.05, 0.1) is 6.10 Å². The predicted octanol–water partition coefficient (Wildman–Crippen LogP) is 5.35. The van der Waals surface area contributed by atoms with Crippen LogP contribution in [0.4, 0.5) is 0 Å². The van der Waals surface area contributed by atoms with Gasteiger partial charge < -0.3 is 4.74 Å². The average Bonchev–Trinajstić information content (AvgIpc) is 2.56. The monoisotopic (exact) mass is 307 g/mol. The van der Waals surface area contributed by atoms with E-state index in [-0.39, 0.29) is 6.10 Å². The summed E-state index contributed by atoms with van der Waals surface area (Å²) >= 11 is 0. The van der Waals surface area contributed by atoms with Gasteiger partial charge in [0, 0.05) is 13.7 Å². The van der Waals surface area contributed by atoms with Gasteiger partial charge in [0.1, 0.15) is 0 Å². The van der Waals surface area contributed by atoms with Crippen LogP contribution in [0.1, 0.15) is 71.6 Å². The molecule has 22 heavy (non-hydrogen) atoms. The van der Waals surface area contributed by atoms with E-state index in [0.717, 1.165) is 13.0 Å². The van der Waals surface area contributed by atoms with Crippen molar-refractivity contribution in [1.29, 1.82) is 0 Å². The molecule has 0 spiro atoms. The summed E-state index contributed by atoms with van der Waals surface area (Å²) in [4.78, 5) is 2.66. The zero-order chi connectivity index (χ0) is 16.0. The van der Waals surface area contributed by atoms with E-state index in [1.807, 2.05) is 0 Å². The Morgan fingerprint density at radius 1 is 1.00 bits per heavy atom. The first kappa shape index (κ1) is 19.4. The molecule has 0 fully saturated rings. The van der Waals surface area contributed by atoms with Crippen LogP contribution in [0.5, 0.6) is 0 Å². The molecule has 1 unspecified atom stereocenters. The highest BCUT2D eigenvalue weighted by Crippen LogP contribution is 2.15. The Balaban J connectivity index is 2.36. The second kappa shape index (κ2) is 12.9. The van der Waals surface area contributed by atoms with E-state index in [4.69, 9.17) is 4.74 Å². The quantitative estimate of drug-likeness (QED) is 0.425. The number of rotatable bonds is 13. The van der Waals surface area contributed by atoms with Crippen LogP contribution >= 0.6 is 0 Å². The predicted molar refractivity (Wildman–Crippen MR) is 97.4 cm³/mol. The van der Waals surface area contributed by atoms with Crippen LogP contribution in [-0.2, 0) is 4.74 Å². The summed E-state index contributed by atoms with van der Waals surface area (Å²) in [5, 5.41) is 0. The maximum absolute atomic E-state index is 5.38. The maximum Gasteiger partial charge on any atom is 0.0789 e. The molecule has 1 rings (SSSR count). The Bertz CT molecular complexity index is 310. The van der Waals surface area contributed by atoms with Crippen molar-refractivity contribution in [3.05, 3.63) is 23.8 Å². The summed E-state index contributed by atoms with van der Waals surface area (Å²) in [6.07, 6.45) is 19.0. The summed E-state index contributed by atoms with van der Waals surface area (Å²) in [7, 11) is 1.79. The number of hydrogen-bond acceptors (Lipinski definition) is 2. The molecule has 0 radical (unpaired) electrons. The minimum atomic E-state index is 0.284. The molecular formula is C20H37NO. The first-order chi connectivity index (χ1) is 10.8. The number of methoxy groups -OCH3 is 1. The minimum Gasteiger partial charge on any atom is -0.377 e. The highest BCUT2D eigenvalue weighted by molar-refractivity contribution is 5.25. The third kappa shape index (κ3) is 8.75. The molecule has 0 aliphatic heterocycles. The lowest BCUT2D eigenvalue weighted by atomic mass is 10.0. The lowest BCUT2D eigenvalue weighted by Crippen LogP contribution is -2.28. The van der Waals surface area contributed by atoms with Crippen LogP contribution in [0.25, 0.3) is 0 Å². The van der Waals surface area contributed by atoms with E-state index in [0.29, 0.717) is 0 Å². The fourth-order valence-corrected chi connectivity index (χ4v) is 2.99. The van der Waals surface area contributed by atoms with Crippen LogP contribution < -0.4 is 0 Å². The Labute approximate surface area is 138 Å². The summed E-state index contributed by atoms with van der Waals surface area (Å²) in [6.45, 7) is 8.19. The largest absolute Gasteiger partial charge is 0.377 e. The van der Waals surface area contributed by atoms with Crippen molar-refractivity contribution in [2.45, 2.75) is 77.7 Å². The average molecular weight is 308 g/mol. The highest BCUT2D eigenvalue weighted by atomic mass is 16.5. The van der Waals surface area contributed by atoms with Crippen molar-refractivity contribution in [3.63, 3.8) is 0 Å². The standard InChI is InChI=1S/C20H37NO/c1-4-6-8-10-16-21(17-11-9-7-5-2)18-19-12-14-20(22-3)15-13-19/h12-14,20H,4-11,15-18H2,1-3H3. The third-order valence-electron chi connectivity index (χ3n) is 4.50. The van der Waals surface area contributed by atoms with Crippen LogP contribution in [0, 0.1) is 0 Å². The summed E-state index contributed by atoms with van der Waals surface area (Å²) in [5.41, 5.74) is 1.47. The molecule has 0 aromatic rings. The van der Waals surface area contributed by atoms with Gasteiger partial charge in [-0.25, -0.2) is 0 Å². The van der Waals surface area contributed by atoms with Gasteiger partial charge in [0.2, 0.25) is 0 Å². The number of unbranched alkanes of at least 4 members (excludes halogenated alkanes) is 6. The topological polar surface area (TPSA) is 12.5 Å². The molecule has 0 saturated heterocycles. The minimum absolute atomic E-state index is 0.284. The van der Waals surface area contributed by atoms with Gasteiger partial charge in [0.25, 0.3) is 0 Å². The fraction of sp³-hybridized carbons (Fsp3) is 0.800. The van der Waals surface area contributed by atoms with Gasteiger partial charge >= 0.3 is 0 Å². The van der Waals surface area contributed by atoms with Gasteiger partial charge in [-0.05, 0) is 37.9 Å². The van der Waals surface area contributed by atoms with Crippen LogP contribution in [0.2, 0.25) is 0 Å². The summed E-state index contributed by atoms with van der Waals surface area (Å²) < 4.78 is 5.38. The molecule has 128 valence electrons. The van der Waals surface area contributed by atoms with Gasteiger partial charge in [-0.15, -0.1) is 0 Å². The zero-order valence-electron chi connectivity index (χ0n) is 15.2. The smallest absolute Gasteiger partial charge is 0.0789 e. The first-order valence-electron chi connectivity index (χ1n) is 9.42.